The molecule has 0 radical (unpaired) electrons. The van der Waals surface area contributed by atoms with Crippen LogP contribution < -0.4 is 11.3 Å². The smallest absolute Gasteiger partial charge is 0.302 e. The zero-order valence-corrected chi connectivity index (χ0v) is 10.7. The zero-order valence-electron chi connectivity index (χ0n) is 10.7. The number of hydrazine groups is 1. The number of likely N-dealkylation sites (tertiary alicyclic amines) is 1. The Morgan fingerprint density at radius 2 is 2.06 bits per heavy atom. The molecule has 18 heavy (non-hydrogen) atoms. The van der Waals surface area contributed by atoms with E-state index in [4.69, 9.17) is 5.84 Å². The molecule has 1 heterocycles. The van der Waals surface area contributed by atoms with Crippen molar-refractivity contribution in [2.24, 2.45) is 17.2 Å². The number of halogens is 3. The topological polar surface area (TPSA) is 58.4 Å². The van der Waals surface area contributed by atoms with Crippen LogP contribution in [0.3, 0.4) is 0 Å². The van der Waals surface area contributed by atoms with Gasteiger partial charge >= 0.3 is 6.18 Å². The highest BCUT2D eigenvalue weighted by Crippen LogP contribution is 2.34. The highest BCUT2D eigenvalue weighted by atomic mass is 19.4. The number of hydrogen-bond acceptors (Lipinski definition) is 3. The first-order chi connectivity index (χ1) is 8.16. The number of alkyl halides is 3. The number of nitrogens with one attached hydrogen (secondary N) is 1. The maximum atomic E-state index is 12.6. The van der Waals surface area contributed by atoms with E-state index in [2.05, 4.69) is 0 Å². The summed E-state index contributed by atoms with van der Waals surface area (Å²) in [4.78, 5) is 13.2. The Balaban J connectivity index is 2.60. The molecule has 0 bridgehead atoms. The number of carbonyl (C=O) groups is 1. The summed E-state index contributed by atoms with van der Waals surface area (Å²) in [5.74, 6) is 3.41. The zero-order chi connectivity index (χ0) is 14.0. The SMILES string of the molecule is CC(C)(CN1CCCC(C(F)(F)F)C1)C(=O)NN. The minimum Gasteiger partial charge on any atom is -0.302 e. The third kappa shape index (κ3) is 3.84. The van der Waals surface area contributed by atoms with E-state index in [0.29, 0.717) is 13.0 Å². The first kappa shape index (κ1) is 15.2. The average molecular weight is 267 g/mol. The van der Waals surface area contributed by atoms with Gasteiger partial charge in [-0.2, -0.15) is 13.2 Å². The number of nitrogens with two attached hydrogens (primary N) is 1. The van der Waals surface area contributed by atoms with Gasteiger partial charge in [0.2, 0.25) is 5.91 Å². The highest BCUT2D eigenvalue weighted by molar-refractivity contribution is 5.81. The van der Waals surface area contributed by atoms with Gasteiger partial charge in [0, 0.05) is 13.1 Å². The molecule has 1 atom stereocenters. The van der Waals surface area contributed by atoms with Crippen molar-refractivity contribution in [2.75, 3.05) is 19.6 Å². The molecule has 1 fully saturated rings. The van der Waals surface area contributed by atoms with Gasteiger partial charge in [-0.15, -0.1) is 0 Å². The first-order valence-electron chi connectivity index (χ1n) is 5.97. The molecular weight excluding hydrogens is 247 g/mol. The number of amides is 1. The molecule has 3 N–H and O–H groups in total. The normalized spacial score (nSPS) is 22.9. The van der Waals surface area contributed by atoms with Crippen molar-refractivity contribution in [1.29, 1.82) is 0 Å². The van der Waals surface area contributed by atoms with Gasteiger partial charge < -0.3 is 4.90 Å². The van der Waals surface area contributed by atoms with Crippen LogP contribution in [0.4, 0.5) is 13.2 Å². The Labute approximate surface area is 105 Å². The van der Waals surface area contributed by atoms with Gasteiger partial charge in [0.1, 0.15) is 0 Å². The fourth-order valence-electron chi connectivity index (χ4n) is 2.29. The molecule has 1 aliphatic rings. The van der Waals surface area contributed by atoms with E-state index in [1.165, 1.54) is 0 Å². The summed E-state index contributed by atoms with van der Waals surface area (Å²) < 4.78 is 37.9. The lowest BCUT2D eigenvalue weighted by atomic mass is 9.89. The summed E-state index contributed by atoms with van der Waals surface area (Å²) >= 11 is 0. The van der Waals surface area contributed by atoms with E-state index in [9.17, 15) is 18.0 Å². The summed E-state index contributed by atoms with van der Waals surface area (Å²) in [6.07, 6.45) is -3.48. The summed E-state index contributed by atoms with van der Waals surface area (Å²) in [5.41, 5.74) is 1.26. The summed E-state index contributed by atoms with van der Waals surface area (Å²) in [6.45, 7) is 4.18. The molecule has 1 unspecified atom stereocenters. The van der Waals surface area contributed by atoms with Crippen molar-refractivity contribution >= 4 is 5.91 Å². The summed E-state index contributed by atoms with van der Waals surface area (Å²) in [7, 11) is 0. The number of piperidine rings is 1. The lowest BCUT2D eigenvalue weighted by Gasteiger charge is -2.37. The van der Waals surface area contributed by atoms with Crippen LogP contribution in [-0.4, -0.2) is 36.6 Å². The Morgan fingerprint density at radius 1 is 1.44 bits per heavy atom. The van der Waals surface area contributed by atoms with E-state index in [1.807, 2.05) is 5.43 Å². The van der Waals surface area contributed by atoms with E-state index >= 15 is 0 Å². The second kappa shape index (κ2) is 5.44. The molecule has 0 aromatic carbocycles. The summed E-state index contributed by atoms with van der Waals surface area (Å²) in [5, 5.41) is 0. The fourth-order valence-corrected chi connectivity index (χ4v) is 2.29. The number of carbonyl (C=O) groups excluding carboxylic acids is 1. The summed E-state index contributed by atoms with van der Waals surface area (Å²) in [6, 6.07) is 0. The molecule has 1 saturated heterocycles. The van der Waals surface area contributed by atoms with Crippen LogP contribution in [-0.2, 0) is 4.79 Å². The van der Waals surface area contributed by atoms with Crippen molar-refractivity contribution in [2.45, 2.75) is 32.9 Å². The molecule has 1 amide bonds. The van der Waals surface area contributed by atoms with Crippen molar-refractivity contribution < 1.29 is 18.0 Å². The lowest BCUT2D eigenvalue weighted by Crippen LogP contribution is -2.50. The number of nitrogens with zero attached hydrogens (tertiary/aromatic N) is 1. The molecule has 106 valence electrons. The number of hydrogen-bond donors (Lipinski definition) is 2. The predicted octanol–water partition coefficient (Wildman–Crippen LogP) is 1.28. The van der Waals surface area contributed by atoms with Gasteiger partial charge in [0.05, 0.1) is 11.3 Å². The molecule has 7 heteroatoms. The highest BCUT2D eigenvalue weighted by Gasteiger charge is 2.42. The van der Waals surface area contributed by atoms with E-state index in [-0.39, 0.29) is 25.4 Å². The van der Waals surface area contributed by atoms with Crippen LogP contribution in [0.25, 0.3) is 0 Å². The van der Waals surface area contributed by atoms with Crippen LogP contribution in [0, 0.1) is 11.3 Å². The molecule has 0 aromatic heterocycles. The maximum Gasteiger partial charge on any atom is 0.393 e. The second-order valence-corrected chi connectivity index (χ2v) is 5.47. The third-order valence-corrected chi connectivity index (χ3v) is 3.33. The van der Waals surface area contributed by atoms with Crippen molar-refractivity contribution in [3.8, 4) is 0 Å². The van der Waals surface area contributed by atoms with Gasteiger partial charge in [-0.1, -0.05) is 0 Å². The lowest BCUT2D eigenvalue weighted by molar-refractivity contribution is -0.187. The molecule has 1 rings (SSSR count). The first-order valence-corrected chi connectivity index (χ1v) is 5.97. The van der Waals surface area contributed by atoms with E-state index in [1.54, 1.807) is 18.7 Å². The van der Waals surface area contributed by atoms with Gasteiger partial charge in [0.15, 0.2) is 0 Å². The molecule has 0 saturated carbocycles. The van der Waals surface area contributed by atoms with Crippen LogP contribution in [0.1, 0.15) is 26.7 Å². The molecule has 0 spiro atoms. The maximum absolute atomic E-state index is 12.6. The third-order valence-electron chi connectivity index (χ3n) is 3.33. The van der Waals surface area contributed by atoms with Crippen LogP contribution >= 0.6 is 0 Å². The standard InChI is InChI=1S/C11H20F3N3O/c1-10(2,9(18)16-15)7-17-5-3-4-8(6-17)11(12,13)14/h8H,3-7,15H2,1-2H3,(H,16,18). The Kier molecular flexibility index (Phi) is 4.61. The van der Waals surface area contributed by atoms with Crippen molar-refractivity contribution in [3.05, 3.63) is 0 Å². The largest absolute Gasteiger partial charge is 0.393 e. The van der Waals surface area contributed by atoms with Gasteiger partial charge in [0.25, 0.3) is 0 Å². The molecular formula is C11H20F3N3O. The fraction of sp³-hybridized carbons (Fsp3) is 0.909. The van der Waals surface area contributed by atoms with E-state index < -0.39 is 17.5 Å². The second-order valence-electron chi connectivity index (χ2n) is 5.47. The Hall–Kier alpha value is -0.820. The van der Waals surface area contributed by atoms with Gasteiger partial charge in [-0.3, -0.25) is 10.2 Å². The van der Waals surface area contributed by atoms with Crippen LogP contribution in [0.5, 0.6) is 0 Å². The van der Waals surface area contributed by atoms with E-state index in [0.717, 1.165) is 0 Å². The van der Waals surface area contributed by atoms with Gasteiger partial charge in [-0.25, -0.2) is 5.84 Å². The Bertz CT molecular complexity index is 304. The Morgan fingerprint density at radius 3 is 2.56 bits per heavy atom. The molecule has 0 aliphatic carbocycles. The predicted molar refractivity (Wildman–Crippen MR) is 61.3 cm³/mol. The van der Waals surface area contributed by atoms with Crippen LogP contribution in [0.2, 0.25) is 0 Å². The number of rotatable bonds is 3. The molecule has 1 aliphatic heterocycles. The van der Waals surface area contributed by atoms with Crippen LogP contribution in [0.15, 0.2) is 0 Å². The minimum atomic E-state index is -4.15. The average Bonchev–Trinajstić information content (AvgIpc) is 2.26. The monoisotopic (exact) mass is 267 g/mol. The van der Waals surface area contributed by atoms with Crippen molar-refractivity contribution in [1.82, 2.24) is 10.3 Å². The minimum absolute atomic E-state index is 0.0369. The molecule has 0 aromatic rings. The quantitative estimate of drug-likeness (QED) is 0.460. The molecule has 4 nitrogen and oxygen atoms in total. The van der Waals surface area contributed by atoms with Gasteiger partial charge in [-0.05, 0) is 33.2 Å². The van der Waals surface area contributed by atoms with Crippen molar-refractivity contribution in [3.63, 3.8) is 0 Å².